The number of hydrogen-bond donors (Lipinski definition) is 1. The van der Waals surface area contributed by atoms with E-state index in [1.54, 1.807) is 0 Å². The smallest absolute Gasteiger partial charge is 0.233 e. The largest absolute Gasteiger partial charge is 0.339 e. The molecule has 2 N–H and O–H groups in total. The minimum Gasteiger partial charge on any atom is -0.339 e. The fourth-order valence-corrected chi connectivity index (χ4v) is 2.83. The monoisotopic (exact) mass is 271 g/mol. The maximum atomic E-state index is 5.86. The molecule has 0 aliphatic heterocycles. The zero-order valence-electron chi connectivity index (χ0n) is 12.1. The van der Waals surface area contributed by atoms with E-state index in [9.17, 15) is 0 Å². The number of hydrogen-bond acceptors (Lipinski definition) is 4. The summed E-state index contributed by atoms with van der Waals surface area (Å²) in [7, 11) is 0. The van der Waals surface area contributed by atoms with E-state index in [2.05, 4.69) is 48.3 Å². The van der Waals surface area contributed by atoms with Gasteiger partial charge in [-0.2, -0.15) is 4.98 Å². The molecule has 0 saturated carbocycles. The maximum absolute atomic E-state index is 5.86. The van der Waals surface area contributed by atoms with E-state index in [1.165, 1.54) is 11.1 Å². The average Bonchev–Trinajstić information content (AvgIpc) is 3.12. The van der Waals surface area contributed by atoms with Crippen LogP contribution in [0, 0.1) is 0 Å². The number of nitrogens with zero attached hydrogens (tertiary/aromatic N) is 2. The molecule has 2 unspecified atom stereocenters. The Balaban J connectivity index is 1.92. The van der Waals surface area contributed by atoms with Gasteiger partial charge in [0.2, 0.25) is 5.89 Å². The van der Waals surface area contributed by atoms with Gasteiger partial charge in [-0.15, -0.1) is 0 Å². The van der Waals surface area contributed by atoms with Gasteiger partial charge in [0, 0.05) is 12.5 Å². The van der Waals surface area contributed by atoms with Gasteiger partial charge >= 0.3 is 0 Å². The molecule has 20 heavy (non-hydrogen) atoms. The van der Waals surface area contributed by atoms with E-state index in [0.29, 0.717) is 12.4 Å². The first kappa shape index (κ1) is 13.3. The highest BCUT2D eigenvalue weighted by molar-refractivity contribution is 5.38. The molecule has 0 radical (unpaired) electrons. The van der Waals surface area contributed by atoms with Crippen LogP contribution in [0.4, 0.5) is 0 Å². The van der Waals surface area contributed by atoms with Gasteiger partial charge in [0.1, 0.15) is 0 Å². The molecule has 2 aromatic rings. The zero-order chi connectivity index (χ0) is 14.2. The molecular weight excluding hydrogens is 250 g/mol. The number of fused-ring (bicyclic) bond motifs is 1. The van der Waals surface area contributed by atoms with E-state index in [4.69, 9.17) is 10.3 Å². The molecule has 0 fully saturated rings. The predicted octanol–water partition coefficient (Wildman–Crippen LogP) is 2.77. The van der Waals surface area contributed by atoms with Crippen molar-refractivity contribution in [2.45, 2.75) is 44.4 Å². The molecule has 0 saturated heterocycles. The lowest BCUT2D eigenvalue weighted by atomic mass is 9.87. The molecule has 0 spiro atoms. The summed E-state index contributed by atoms with van der Waals surface area (Å²) in [6.45, 7) is 4.70. The highest BCUT2D eigenvalue weighted by atomic mass is 16.5. The molecular formula is C16H21N3O. The maximum Gasteiger partial charge on any atom is 0.233 e. The van der Waals surface area contributed by atoms with Crippen molar-refractivity contribution in [1.29, 1.82) is 0 Å². The summed E-state index contributed by atoms with van der Waals surface area (Å²) in [5.74, 6) is 1.74. The van der Waals surface area contributed by atoms with Crippen molar-refractivity contribution in [1.82, 2.24) is 10.1 Å². The summed E-state index contributed by atoms with van der Waals surface area (Å²) >= 11 is 0. The lowest BCUT2D eigenvalue weighted by Crippen LogP contribution is -2.31. The third kappa shape index (κ3) is 2.04. The number of nitrogens with two attached hydrogens (primary N) is 1. The van der Waals surface area contributed by atoms with E-state index >= 15 is 0 Å². The third-order valence-electron chi connectivity index (χ3n) is 4.63. The first-order chi connectivity index (χ1) is 9.68. The topological polar surface area (TPSA) is 64.9 Å². The summed E-state index contributed by atoms with van der Waals surface area (Å²) in [6.07, 6.45) is 3.04. The first-order valence-corrected chi connectivity index (χ1v) is 7.30. The highest BCUT2D eigenvalue weighted by Crippen LogP contribution is 2.37. The minimum atomic E-state index is -0.219. The first-order valence-electron chi connectivity index (χ1n) is 7.30. The molecule has 1 aliphatic carbocycles. The predicted molar refractivity (Wildman–Crippen MR) is 77.6 cm³/mol. The second-order valence-electron chi connectivity index (χ2n) is 5.87. The molecule has 0 bridgehead atoms. The third-order valence-corrected chi connectivity index (χ3v) is 4.63. The van der Waals surface area contributed by atoms with Gasteiger partial charge in [-0.25, -0.2) is 0 Å². The number of benzene rings is 1. The van der Waals surface area contributed by atoms with Crippen molar-refractivity contribution in [2.24, 2.45) is 5.73 Å². The van der Waals surface area contributed by atoms with Gasteiger partial charge in [-0.3, -0.25) is 0 Å². The Hall–Kier alpha value is -1.68. The van der Waals surface area contributed by atoms with Gasteiger partial charge in [-0.1, -0.05) is 36.3 Å². The molecule has 1 aromatic heterocycles. The minimum absolute atomic E-state index is 0.219. The van der Waals surface area contributed by atoms with Crippen molar-refractivity contribution >= 4 is 0 Å². The van der Waals surface area contributed by atoms with Crippen LogP contribution in [0.3, 0.4) is 0 Å². The number of aryl methyl sites for hydroxylation is 1. The molecule has 4 heteroatoms. The van der Waals surface area contributed by atoms with Crippen molar-refractivity contribution in [3.8, 4) is 0 Å². The molecule has 4 nitrogen and oxygen atoms in total. The molecule has 3 rings (SSSR count). The zero-order valence-corrected chi connectivity index (χ0v) is 12.1. The van der Waals surface area contributed by atoms with Gasteiger partial charge in [-0.05, 0) is 37.3 Å². The van der Waals surface area contributed by atoms with Crippen LogP contribution >= 0.6 is 0 Å². The number of aromatic nitrogens is 2. The Morgan fingerprint density at radius 2 is 2.20 bits per heavy atom. The van der Waals surface area contributed by atoms with Crippen molar-refractivity contribution < 1.29 is 4.52 Å². The summed E-state index contributed by atoms with van der Waals surface area (Å²) in [5, 5.41) is 4.22. The summed E-state index contributed by atoms with van der Waals surface area (Å²) < 4.78 is 5.50. The van der Waals surface area contributed by atoms with Gasteiger partial charge in [0.15, 0.2) is 5.82 Å². The van der Waals surface area contributed by atoms with Gasteiger partial charge in [0.25, 0.3) is 0 Å². The molecule has 1 heterocycles. The molecule has 0 amide bonds. The average molecular weight is 271 g/mol. The Kier molecular flexibility index (Phi) is 3.34. The SMILES string of the molecule is CCC(C)(CN)c1nc(C2CCc3ccccc32)no1. The quantitative estimate of drug-likeness (QED) is 0.928. The van der Waals surface area contributed by atoms with Crippen molar-refractivity contribution in [2.75, 3.05) is 6.54 Å². The van der Waals surface area contributed by atoms with Crippen LogP contribution in [0.5, 0.6) is 0 Å². The van der Waals surface area contributed by atoms with Crippen molar-refractivity contribution in [3.05, 3.63) is 47.1 Å². The second kappa shape index (κ2) is 5.02. The van der Waals surface area contributed by atoms with Crippen LogP contribution in [-0.2, 0) is 11.8 Å². The van der Waals surface area contributed by atoms with Crippen LogP contribution in [0.15, 0.2) is 28.8 Å². The van der Waals surface area contributed by atoms with Gasteiger partial charge < -0.3 is 10.3 Å². The Morgan fingerprint density at radius 3 is 2.95 bits per heavy atom. The van der Waals surface area contributed by atoms with Crippen LogP contribution in [0.25, 0.3) is 0 Å². The van der Waals surface area contributed by atoms with E-state index < -0.39 is 0 Å². The van der Waals surface area contributed by atoms with E-state index in [0.717, 1.165) is 25.1 Å². The highest BCUT2D eigenvalue weighted by Gasteiger charge is 2.33. The normalized spacial score (nSPS) is 20.6. The fraction of sp³-hybridized carbons (Fsp3) is 0.500. The van der Waals surface area contributed by atoms with E-state index in [1.807, 2.05) is 0 Å². The van der Waals surface area contributed by atoms with Crippen LogP contribution in [0.2, 0.25) is 0 Å². The van der Waals surface area contributed by atoms with Crippen LogP contribution in [0.1, 0.15) is 55.4 Å². The molecule has 1 aliphatic rings. The standard InChI is InChI=1S/C16H21N3O/c1-3-16(2,10-17)15-18-14(19-20-15)13-9-8-11-6-4-5-7-12(11)13/h4-7,13H,3,8-10,17H2,1-2H3. The van der Waals surface area contributed by atoms with Crippen LogP contribution in [-0.4, -0.2) is 16.7 Å². The van der Waals surface area contributed by atoms with Gasteiger partial charge in [0.05, 0.1) is 5.41 Å². The van der Waals surface area contributed by atoms with Crippen molar-refractivity contribution in [3.63, 3.8) is 0 Å². The molecule has 1 aromatic carbocycles. The van der Waals surface area contributed by atoms with E-state index in [-0.39, 0.29) is 11.3 Å². The Bertz CT molecular complexity index is 601. The summed E-state index contributed by atoms with van der Waals surface area (Å²) in [5.41, 5.74) is 8.38. The fourth-order valence-electron chi connectivity index (χ4n) is 2.83. The molecule has 2 atom stereocenters. The second-order valence-corrected chi connectivity index (χ2v) is 5.87. The lowest BCUT2D eigenvalue weighted by molar-refractivity contribution is 0.289. The number of rotatable bonds is 4. The van der Waals surface area contributed by atoms with Crippen LogP contribution < -0.4 is 5.73 Å². The lowest BCUT2D eigenvalue weighted by Gasteiger charge is -2.20. The molecule has 106 valence electrons. The Morgan fingerprint density at radius 1 is 1.40 bits per heavy atom. The Labute approximate surface area is 119 Å². The summed E-state index contributed by atoms with van der Waals surface area (Å²) in [4.78, 5) is 4.65. The summed E-state index contributed by atoms with van der Waals surface area (Å²) in [6, 6.07) is 8.52.